The number of methoxy groups -OCH3 is 1. The van der Waals surface area contributed by atoms with E-state index in [2.05, 4.69) is 43.7 Å². The SMILES string of the molecule is COC[C@H]1CC2(CCN(Cc3ccsc3)CC2)CN1Cc1ccccn1. The molecular weight excluding hydrogens is 342 g/mol. The third kappa shape index (κ3) is 4.17. The fraction of sp³-hybridized carbons (Fsp3) is 0.571. The summed E-state index contributed by atoms with van der Waals surface area (Å²) in [5, 5.41) is 4.46. The van der Waals surface area contributed by atoms with Gasteiger partial charge in [-0.25, -0.2) is 0 Å². The van der Waals surface area contributed by atoms with Gasteiger partial charge in [-0.2, -0.15) is 11.3 Å². The Bertz CT molecular complexity index is 668. The van der Waals surface area contributed by atoms with Crippen LogP contribution in [0, 0.1) is 5.41 Å². The molecule has 0 unspecified atom stereocenters. The van der Waals surface area contributed by atoms with Gasteiger partial charge in [0.1, 0.15) is 0 Å². The van der Waals surface area contributed by atoms with Crippen molar-refractivity contribution in [2.24, 2.45) is 5.41 Å². The predicted octanol–water partition coefficient (Wildman–Crippen LogP) is 3.65. The van der Waals surface area contributed by atoms with Crippen molar-refractivity contribution in [3.63, 3.8) is 0 Å². The van der Waals surface area contributed by atoms with Crippen LogP contribution in [0.2, 0.25) is 0 Å². The van der Waals surface area contributed by atoms with Gasteiger partial charge in [0.15, 0.2) is 0 Å². The van der Waals surface area contributed by atoms with E-state index in [4.69, 9.17) is 4.74 Å². The van der Waals surface area contributed by atoms with E-state index in [0.717, 1.165) is 19.7 Å². The Kier molecular flexibility index (Phi) is 5.69. The second-order valence-corrected chi connectivity index (χ2v) is 8.73. The van der Waals surface area contributed by atoms with Gasteiger partial charge in [0, 0.05) is 39.0 Å². The molecule has 0 saturated carbocycles. The Morgan fingerprint density at radius 3 is 2.81 bits per heavy atom. The number of hydrogen-bond donors (Lipinski definition) is 0. The van der Waals surface area contributed by atoms with E-state index < -0.39 is 0 Å². The first-order chi connectivity index (χ1) is 12.8. The Morgan fingerprint density at radius 1 is 1.23 bits per heavy atom. The molecular formula is C21H29N3OS. The standard InChI is InChI=1S/C21H29N3OS/c1-25-15-20-12-21(17-24(20)14-19-4-2-3-8-22-19)6-9-23(10-7-21)13-18-5-11-26-16-18/h2-5,8,11,16,20H,6-7,9-10,12-15,17H2,1H3/t20-/m1/s1. The smallest absolute Gasteiger partial charge is 0.0618 e. The van der Waals surface area contributed by atoms with Crippen LogP contribution in [0.5, 0.6) is 0 Å². The number of hydrogen-bond acceptors (Lipinski definition) is 5. The number of thiophene rings is 1. The Labute approximate surface area is 160 Å². The summed E-state index contributed by atoms with van der Waals surface area (Å²) in [4.78, 5) is 9.77. The van der Waals surface area contributed by atoms with Gasteiger partial charge in [0.25, 0.3) is 0 Å². The van der Waals surface area contributed by atoms with Crippen LogP contribution >= 0.6 is 11.3 Å². The van der Waals surface area contributed by atoms with E-state index in [-0.39, 0.29) is 0 Å². The molecule has 0 N–H and O–H groups in total. The summed E-state index contributed by atoms with van der Waals surface area (Å²) < 4.78 is 5.55. The highest BCUT2D eigenvalue weighted by Crippen LogP contribution is 2.44. The first kappa shape index (κ1) is 18.1. The van der Waals surface area contributed by atoms with Crippen molar-refractivity contribution < 1.29 is 4.74 Å². The van der Waals surface area contributed by atoms with Crippen LogP contribution in [0.15, 0.2) is 41.2 Å². The van der Waals surface area contributed by atoms with E-state index in [1.54, 1.807) is 11.3 Å². The highest BCUT2D eigenvalue weighted by Gasteiger charge is 2.45. The van der Waals surface area contributed by atoms with Crippen molar-refractivity contribution in [2.75, 3.05) is 33.4 Å². The molecule has 4 nitrogen and oxygen atoms in total. The molecule has 4 rings (SSSR count). The summed E-state index contributed by atoms with van der Waals surface area (Å²) in [5.74, 6) is 0. The lowest BCUT2D eigenvalue weighted by Gasteiger charge is -2.39. The molecule has 0 aromatic carbocycles. The maximum Gasteiger partial charge on any atom is 0.0618 e. The summed E-state index contributed by atoms with van der Waals surface area (Å²) in [6, 6.07) is 8.99. The zero-order valence-electron chi connectivity index (χ0n) is 15.6. The van der Waals surface area contributed by atoms with E-state index in [1.165, 1.54) is 50.2 Å². The molecule has 0 bridgehead atoms. The van der Waals surface area contributed by atoms with E-state index in [1.807, 2.05) is 19.4 Å². The molecule has 0 radical (unpaired) electrons. The second-order valence-electron chi connectivity index (χ2n) is 7.95. The molecule has 2 aromatic rings. The molecule has 0 amide bonds. The fourth-order valence-electron chi connectivity index (χ4n) is 4.68. The van der Waals surface area contributed by atoms with E-state index >= 15 is 0 Å². The Hall–Kier alpha value is -1.27. The van der Waals surface area contributed by atoms with Gasteiger partial charge in [-0.05, 0) is 72.3 Å². The molecule has 2 saturated heterocycles. The maximum atomic E-state index is 5.55. The predicted molar refractivity (Wildman–Crippen MR) is 106 cm³/mol. The van der Waals surface area contributed by atoms with Gasteiger partial charge in [0.05, 0.1) is 12.3 Å². The van der Waals surface area contributed by atoms with Crippen LogP contribution in [0.25, 0.3) is 0 Å². The number of aromatic nitrogens is 1. The van der Waals surface area contributed by atoms with Crippen LogP contribution in [0.3, 0.4) is 0 Å². The van der Waals surface area contributed by atoms with Crippen LogP contribution < -0.4 is 0 Å². The van der Waals surface area contributed by atoms with Crippen molar-refractivity contribution in [1.82, 2.24) is 14.8 Å². The van der Waals surface area contributed by atoms with Crippen LogP contribution in [0.4, 0.5) is 0 Å². The maximum absolute atomic E-state index is 5.55. The first-order valence-corrected chi connectivity index (χ1v) is 10.6. The average molecular weight is 372 g/mol. The zero-order chi connectivity index (χ0) is 17.8. The molecule has 1 atom stereocenters. The summed E-state index contributed by atoms with van der Waals surface area (Å²) >= 11 is 1.80. The highest BCUT2D eigenvalue weighted by molar-refractivity contribution is 7.07. The molecule has 2 aliphatic heterocycles. The molecule has 5 heteroatoms. The third-order valence-electron chi connectivity index (χ3n) is 6.08. The minimum atomic E-state index is 0.461. The number of piperidine rings is 1. The lowest BCUT2D eigenvalue weighted by Crippen LogP contribution is -2.41. The van der Waals surface area contributed by atoms with Gasteiger partial charge < -0.3 is 4.74 Å². The Morgan fingerprint density at radius 2 is 2.12 bits per heavy atom. The highest BCUT2D eigenvalue weighted by atomic mass is 32.1. The molecule has 2 aromatic heterocycles. The fourth-order valence-corrected chi connectivity index (χ4v) is 5.34. The first-order valence-electron chi connectivity index (χ1n) is 9.63. The Balaban J connectivity index is 1.38. The monoisotopic (exact) mass is 371 g/mol. The summed E-state index contributed by atoms with van der Waals surface area (Å²) in [5.41, 5.74) is 3.09. The molecule has 2 aliphatic rings. The molecule has 26 heavy (non-hydrogen) atoms. The third-order valence-corrected chi connectivity index (χ3v) is 6.81. The van der Waals surface area contributed by atoms with E-state index in [9.17, 15) is 0 Å². The van der Waals surface area contributed by atoms with E-state index in [0.29, 0.717) is 11.5 Å². The van der Waals surface area contributed by atoms with Crippen molar-refractivity contribution in [3.05, 3.63) is 52.5 Å². The summed E-state index contributed by atoms with van der Waals surface area (Å²) in [6.07, 6.45) is 5.77. The number of nitrogens with zero attached hydrogens (tertiary/aromatic N) is 3. The van der Waals surface area contributed by atoms with Gasteiger partial charge in [-0.15, -0.1) is 0 Å². The second kappa shape index (κ2) is 8.17. The normalized spacial score (nSPS) is 23.7. The molecule has 0 aliphatic carbocycles. The molecule has 140 valence electrons. The van der Waals surface area contributed by atoms with Crippen molar-refractivity contribution >= 4 is 11.3 Å². The summed E-state index contributed by atoms with van der Waals surface area (Å²) in [7, 11) is 1.83. The quantitative estimate of drug-likeness (QED) is 0.775. The van der Waals surface area contributed by atoms with Gasteiger partial charge in [-0.1, -0.05) is 6.07 Å². The largest absolute Gasteiger partial charge is 0.383 e. The summed E-state index contributed by atoms with van der Waals surface area (Å²) in [6.45, 7) is 6.49. The van der Waals surface area contributed by atoms with Crippen LogP contribution in [0.1, 0.15) is 30.5 Å². The number of likely N-dealkylation sites (tertiary alicyclic amines) is 2. The zero-order valence-corrected chi connectivity index (χ0v) is 16.5. The number of pyridine rings is 1. The number of ether oxygens (including phenoxy) is 1. The number of rotatable bonds is 6. The topological polar surface area (TPSA) is 28.6 Å². The minimum absolute atomic E-state index is 0.461. The van der Waals surface area contributed by atoms with Crippen LogP contribution in [-0.2, 0) is 17.8 Å². The minimum Gasteiger partial charge on any atom is -0.383 e. The average Bonchev–Trinajstić information content (AvgIpc) is 3.27. The van der Waals surface area contributed by atoms with Gasteiger partial charge in [0.2, 0.25) is 0 Å². The van der Waals surface area contributed by atoms with Crippen molar-refractivity contribution in [2.45, 2.75) is 38.4 Å². The van der Waals surface area contributed by atoms with Crippen molar-refractivity contribution in [1.29, 1.82) is 0 Å². The molecule has 4 heterocycles. The molecule has 2 fully saturated rings. The van der Waals surface area contributed by atoms with Gasteiger partial charge >= 0.3 is 0 Å². The van der Waals surface area contributed by atoms with Crippen molar-refractivity contribution in [3.8, 4) is 0 Å². The van der Waals surface area contributed by atoms with Gasteiger partial charge in [-0.3, -0.25) is 14.8 Å². The lowest BCUT2D eigenvalue weighted by molar-refractivity contribution is 0.101. The van der Waals surface area contributed by atoms with Crippen LogP contribution in [-0.4, -0.2) is 54.2 Å². The molecule has 1 spiro atoms. The lowest BCUT2D eigenvalue weighted by atomic mass is 9.76.